The van der Waals surface area contributed by atoms with Gasteiger partial charge in [0.15, 0.2) is 11.6 Å². The molecule has 112 valence electrons. The van der Waals surface area contributed by atoms with Crippen LogP contribution in [-0.2, 0) is 6.54 Å². The first-order valence-corrected chi connectivity index (χ1v) is 7.04. The van der Waals surface area contributed by atoms with Crippen LogP contribution in [0.25, 0.3) is 11.5 Å². The highest BCUT2D eigenvalue weighted by atomic mass is 16.4. The minimum atomic E-state index is -0.820. The Morgan fingerprint density at radius 1 is 1.33 bits per heavy atom. The summed E-state index contributed by atoms with van der Waals surface area (Å²) in [5.41, 5.74) is 6.40. The largest absolute Gasteiger partial charge is 0.465 e. The number of rotatable bonds is 3. The number of anilines is 1. The highest BCUT2D eigenvalue weighted by Crippen LogP contribution is 2.25. The van der Waals surface area contributed by atoms with Crippen molar-refractivity contribution in [2.24, 2.45) is 5.92 Å². The van der Waals surface area contributed by atoms with Gasteiger partial charge >= 0.3 is 6.09 Å². The number of carboxylic acid groups (broad SMARTS) is 1. The number of piperidine rings is 1. The molecule has 0 bridgehead atoms. The fourth-order valence-corrected chi connectivity index (χ4v) is 2.80. The lowest BCUT2D eigenvalue weighted by Gasteiger charge is -2.30. The van der Waals surface area contributed by atoms with Gasteiger partial charge in [-0.15, -0.1) is 0 Å². The zero-order chi connectivity index (χ0) is 14.8. The number of nitrogens with two attached hydrogens (primary N) is 1. The van der Waals surface area contributed by atoms with Crippen LogP contribution in [0.5, 0.6) is 0 Å². The Morgan fingerprint density at radius 2 is 2.10 bits per heavy atom. The fraction of sp³-hybridized carbons (Fsp3) is 0.538. The quantitative estimate of drug-likeness (QED) is 0.877. The van der Waals surface area contributed by atoms with Crippen LogP contribution in [0.4, 0.5) is 10.6 Å². The maximum atomic E-state index is 10.9. The van der Waals surface area contributed by atoms with Crippen LogP contribution >= 0.6 is 0 Å². The molecule has 1 saturated heterocycles. The van der Waals surface area contributed by atoms with E-state index in [4.69, 9.17) is 10.8 Å². The Bertz CT molecular complexity index is 605. The van der Waals surface area contributed by atoms with E-state index >= 15 is 0 Å². The summed E-state index contributed by atoms with van der Waals surface area (Å²) >= 11 is 0. The summed E-state index contributed by atoms with van der Waals surface area (Å²) in [5, 5.41) is 8.94. The minimum absolute atomic E-state index is 0.397. The van der Waals surface area contributed by atoms with Gasteiger partial charge in [0.1, 0.15) is 12.0 Å². The predicted molar refractivity (Wildman–Crippen MR) is 75.8 cm³/mol. The molecule has 0 aromatic carbocycles. The second-order valence-corrected chi connectivity index (χ2v) is 5.37. The molecule has 0 atom stereocenters. The third kappa shape index (κ3) is 2.74. The van der Waals surface area contributed by atoms with Gasteiger partial charge in [0.2, 0.25) is 0 Å². The molecule has 0 spiro atoms. The van der Waals surface area contributed by atoms with Crippen molar-refractivity contribution in [3.8, 4) is 11.5 Å². The van der Waals surface area contributed by atoms with E-state index in [1.54, 1.807) is 6.33 Å². The first-order chi connectivity index (χ1) is 10.1. The number of amides is 1. The maximum Gasteiger partial charge on any atom is 0.407 e. The summed E-state index contributed by atoms with van der Waals surface area (Å²) in [5.74, 6) is 1.68. The molecule has 0 saturated carbocycles. The molecule has 3 aliphatic rings. The van der Waals surface area contributed by atoms with Gasteiger partial charge in [0, 0.05) is 19.6 Å². The van der Waals surface area contributed by atoms with E-state index in [0.717, 1.165) is 31.6 Å². The van der Waals surface area contributed by atoms with Crippen LogP contribution in [0.3, 0.4) is 0 Å². The van der Waals surface area contributed by atoms with E-state index in [9.17, 15) is 4.79 Å². The van der Waals surface area contributed by atoms with Crippen molar-refractivity contribution in [3.05, 3.63) is 12.7 Å². The van der Waals surface area contributed by atoms with Crippen molar-refractivity contribution >= 4 is 11.9 Å². The lowest BCUT2D eigenvalue weighted by molar-refractivity contribution is 0.122. The van der Waals surface area contributed by atoms with Gasteiger partial charge in [0.05, 0.1) is 6.33 Å². The molecule has 3 aliphatic heterocycles. The number of hydrogen-bond acceptors (Lipinski definition) is 5. The van der Waals surface area contributed by atoms with E-state index in [-0.39, 0.29) is 0 Å². The lowest BCUT2D eigenvalue weighted by Crippen LogP contribution is -2.37. The van der Waals surface area contributed by atoms with E-state index in [0.29, 0.717) is 30.5 Å². The molecule has 0 aromatic rings. The summed E-state index contributed by atoms with van der Waals surface area (Å²) in [6.07, 6.45) is 5.16. The van der Waals surface area contributed by atoms with Gasteiger partial charge < -0.3 is 20.3 Å². The van der Waals surface area contributed by atoms with E-state index in [2.05, 4.69) is 15.0 Å². The van der Waals surface area contributed by atoms with Crippen LogP contribution in [0.15, 0.2) is 12.7 Å². The van der Waals surface area contributed by atoms with Gasteiger partial charge in [0.25, 0.3) is 0 Å². The molecule has 21 heavy (non-hydrogen) atoms. The third-order valence-corrected chi connectivity index (χ3v) is 4.09. The topological polar surface area (TPSA) is 110 Å². The minimum Gasteiger partial charge on any atom is -0.465 e. The number of aromatic nitrogens is 4. The average Bonchev–Trinajstić information content (AvgIpc) is 2.97. The van der Waals surface area contributed by atoms with Crippen molar-refractivity contribution in [1.29, 1.82) is 0 Å². The smallest absolute Gasteiger partial charge is 0.407 e. The number of likely N-dealkylation sites (tertiary alicyclic amines) is 1. The Balaban J connectivity index is 1.59. The van der Waals surface area contributed by atoms with Crippen LogP contribution in [0.1, 0.15) is 19.3 Å². The molecule has 8 heteroatoms. The summed E-state index contributed by atoms with van der Waals surface area (Å²) in [6.45, 7) is 2.03. The fourth-order valence-electron chi connectivity index (χ4n) is 2.80. The molecule has 0 aromatic heterocycles. The maximum absolute atomic E-state index is 10.9. The second kappa shape index (κ2) is 5.55. The molecule has 3 heterocycles. The van der Waals surface area contributed by atoms with Gasteiger partial charge in [-0.1, -0.05) is 0 Å². The van der Waals surface area contributed by atoms with Crippen molar-refractivity contribution in [1.82, 2.24) is 24.4 Å². The van der Waals surface area contributed by atoms with Crippen molar-refractivity contribution in [3.63, 3.8) is 0 Å². The number of nitrogen functional groups attached to an aromatic ring is 1. The number of carbonyl (C=O) groups is 1. The molecule has 0 radical (unpaired) electrons. The van der Waals surface area contributed by atoms with Gasteiger partial charge in [-0.25, -0.2) is 19.7 Å². The Labute approximate surface area is 122 Å². The second-order valence-electron chi connectivity index (χ2n) is 5.37. The standard InChI is InChI=1S/C13H18N6O2/c14-11-10-12(16-7-15-10)19(8-17-11)6-3-9-1-4-18(5-2-9)13(20)21/h7-9H,1-6,14H2,(H,20,21). The molecule has 0 aliphatic carbocycles. The van der Waals surface area contributed by atoms with Gasteiger partial charge in [-0.05, 0) is 25.2 Å². The van der Waals surface area contributed by atoms with Crippen LogP contribution < -0.4 is 5.73 Å². The monoisotopic (exact) mass is 290 g/mol. The van der Waals surface area contributed by atoms with Crippen molar-refractivity contribution < 1.29 is 9.90 Å². The van der Waals surface area contributed by atoms with Gasteiger partial charge in [-0.3, -0.25) is 0 Å². The molecule has 1 amide bonds. The molecular formula is C13H18N6O2. The van der Waals surface area contributed by atoms with Crippen molar-refractivity contribution in [2.75, 3.05) is 18.8 Å². The highest BCUT2D eigenvalue weighted by molar-refractivity contribution is 5.65. The number of fused-ring (bicyclic) bond motifs is 1. The summed E-state index contributed by atoms with van der Waals surface area (Å²) in [4.78, 5) is 24.8. The number of aryl methyl sites for hydroxylation is 1. The first kappa shape index (κ1) is 13.6. The zero-order valence-corrected chi connectivity index (χ0v) is 11.6. The van der Waals surface area contributed by atoms with Crippen LogP contribution in [0, 0.1) is 5.92 Å². The molecule has 8 nitrogen and oxygen atoms in total. The zero-order valence-electron chi connectivity index (χ0n) is 11.6. The predicted octanol–water partition coefficient (Wildman–Crippen LogP) is 1.14. The first-order valence-electron chi connectivity index (χ1n) is 7.04. The number of nitrogens with zero attached hydrogens (tertiary/aromatic N) is 5. The van der Waals surface area contributed by atoms with Crippen LogP contribution in [0.2, 0.25) is 0 Å². The van der Waals surface area contributed by atoms with E-state index < -0.39 is 6.09 Å². The van der Waals surface area contributed by atoms with E-state index in [1.807, 2.05) is 4.57 Å². The summed E-state index contributed by atoms with van der Waals surface area (Å²) in [6, 6.07) is 0. The third-order valence-electron chi connectivity index (χ3n) is 4.09. The summed E-state index contributed by atoms with van der Waals surface area (Å²) in [7, 11) is 0. The van der Waals surface area contributed by atoms with Crippen molar-refractivity contribution in [2.45, 2.75) is 25.8 Å². The molecule has 3 N–H and O–H groups in total. The Hall–Kier alpha value is -2.38. The van der Waals surface area contributed by atoms with E-state index in [1.165, 1.54) is 11.2 Å². The molecular weight excluding hydrogens is 272 g/mol. The Morgan fingerprint density at radius 3 is 2.81 bits per heavy atom. The summed E-state index contributed by atoms with van der Waals surface area (Å²) < 4.78 is 1.96. The molecule has 0 unspecified atom stereocenters. The lowest BCUT2D eigenvalue weighted by atomic mass is 9.94. The van der Waals surface area contributed by atoms with Crippen LogP contribution in [-0.4, -0.2) is 48.7 Å². The number of hydrogen-bond donors (Lipinski definition) is 2. The highest BCUT2D eigenvalue weighted by Gasteiger charge is 2.22. The SMILES string of the molecule is Nc1ncn(CCC2CCN(C(=O)O)CC2)c2ncnc1-2. The number of imidazole rings is 1. The molecule has 3 rings (SSSR count). The molecule has 1 fully saturated rings. The van der Waals surface area contributed by atoms with Gasteiger partial charge in [-0.2, -0.15) is 0 Å². The average molecular weight is 290 g/mol. The Kier molecular flexibility index (Phi) is 3.59. The normalized spacial score (nSPS) is 16.5.